The number of benzene rings is 2. The lowest BCUT2D eigenvalue weighted by atomic mass is 10.1. The molecule has 0 aliphatic carbocycles. The van der Waals surface area contributed by atoms with Gasteiger partial charge in [-0.05, 0) is 30.2 Å². The third-order valence-electron chi connectivity index (χ3n) is 3.83. The standard InChI is InChI=1S/C21H21N3O2/c1-14(2)12-19(26)24-21-20(16-6-4-3-5-7-16)23-18(13-22-21)15-8-10-17(25)11-9-15/h3-11,13-14,25H,12H2,1-2H3,(H,22,24,26). The second-order valence-corrected chi connectivity index (χ2v) is 6.51. The maximum Gasteiger partial charge on any atom is 0.225 e. The predicted molar refractivity (Wildman–Crippen MR) is 103 cm³/mol. The van der Waals surface area contributed by atoms with Gasteiger partial charge in [-0.1, -0.05) is 44.2 Å². The second kappa shape index (κ2) is 7.78. The Bertz CT molecular complexity index is 891. The molecule has 26 heavy (non-hydrogen) atoms. The van der Waals surface area contributed by atoms with Crippen molar-refractivity contribution in [1.82, 2.24) is 9.97 Å². The minimum Gasteiger partial charge on any atom is -0.508 e. The molecule has 0 bridgehead atoms. The van der Waals surface area contributed by atoms with E-state index in [1.54, 1.807) is 30.5 Å². The van der Waals surface area contributed by atoms with Crippen LogP contribution in [0.15, 0.2) is 60.8 Å². The monoisotopic (exact) mass is 347 g/mol. The van der Waals surface area contributed by atoms with Gasteiger partial charge in [-0.2, -0.15) is 0 Å². The maximum atomic E-state index is 12.2. The Labute approximate surface area is 152 Å². The van der Waals surface area contributed by atoms with Crippen molar-refractivity contribution in [2.24, 2.45) is 5.92 Å². The summed E-state index contributed by atoms with van der Waals surface area (Å²) in [6, 6.07) is 16.4. The van der Waals surface area contributed by atoms with Crippen LogP contribution in [0.2, 0.25) is 0 Å². The van der Waals surface area contributed by atoms with Gasteiger partial charge in [0, 0.05) is 17.5 Å². The first kappa shape index (κ1) is 17.6. The number of anilines is 1. The highest BCUT2D eigenvalue weighted by Gasteiger charge is 2.14. The number of carbonyl (C=O) groups is 1. The number of nitrogens with zero attached hydrogens (tertiary/aromatic N) is 2. The molecule has 5 heteroatoms. The minimum absolute atomic E-state index is 0.0798. The van der Waals surface area contributed by atoms with Crippen LogP contribution in [0.25, 0.3) is 22.5 Å². The van der Waals surface area contributed by atoms with Crippen molar-refractivity contribution >= 4 is 11.7 Å². The first-order valence-electron chi connectivity index (χ1n) is 8.54. The summed E-state index contributed by atoms with van der Waals surface area (Å²) in [5.74, 6) is 0.829. The van der Waals surface area contributed by atoms with Crippen molar-refractivity contribution in [3.63, 3.8) is 0 Å². The summed E-state index contributed by atoms with van der Waals surface area (Å²) in [4.78, 5) is 21.4. The van der Waals surface area contributed by atoms with Crippen LogP contribution in [-0.4, -0.2) is 21.0 Å². The summed E-state index contributed by atoms with van der Waals surface area (Å²) in [5, 5.41) is 12.3. The first-order chi connectivity index (χ1) is 12.5. The SMILES string of the molecule is CC(C)CC(=O)Nc1ncc(-c2ccc(O)cc2)nc1-c1ccccc1. The van der Waals surface area contributed by atoms with Crippen molar-refractivity contribution in [2.75, 3.05) is 5.32 Å². The minimum atomic E-state index is -0.0798. The molecule has 1 heterocycles. The Balaban J connectivity index is 2.01. The fourth-order valence-electron chi connectivity index (χ4n) is 2.60. The van der Waals surface area contributed by atoms with Gasteiger partial charge in [-0.25, -0.2) is 9.97 Å². The highest BCUT2D eigenvalue weighted by molar-refractivity contribution is 5.93. The van der Waals surface area contributed by atoms with Crippen LogP contribution < -0.4 is 5.32 Å². The van der Waals surface area contributed by atoms with E-state index in [0.29, 0.717) is 23.6 Å². The molecule has 0 unspecified atom stereocenters. The summed E-state index contributed by atoms with van der Waals surface area (Å²) >= 11 is 0. The molecule has 0 fully saturated rings. The normalized spacial score (nSPS) is 10.7. The van der Waals surface area contributed by atoms with Crippen LogP contribution in [0.1, 0.15) is 20.3 Å². The van der Waals surface area contributed by atoms with E-state index in [-0.39, 0.29) is 17.6 Å². The molecule has 2 aromatic carbocycles. The lowest BCUT2D eigenvalue weighted by Crippen LogP contribution is -2.16. The molecule has 3 rings (SSSR count). The lowest BCUT2D eigenvalue weighted by Gasteiger charge is -2.12. The Morgan fingerprint density at radius 3 is 2.38 bits per heavy atom. The van der Waals surface area contributed by atoms with Crippen LogP contribution in [0.4, 0.5) is 5.82 Å². The molecule has 0 saturated heterocycles. The van der Waals surface area contributed by atoms with E-state index < -0.39 is 0 Å². The van der Waals surface area contributed by atoms with Gasteiger partial charge in [0.05, 0.1) is 11.9 Å². The highest BCUT2D eigenvalue weighted by Crippen LogP contribution is 2.28. The number of phenols is 1. The van der Waals surface area contributed by atoms with Crippen LogP contribution in [0.5, 0.6) is 5.75 Å². The Morgan fingerprint density at radius 2 is 1.73 bits per heavy atom. The largest absolute Gasteiger partial charge is 0.508 e. The number of carbonyl (C=O) groups excluding carboxylic acids is 1. The zero-order chi connectivity index (χ0) is 18.5. The number of rotatable bonds is 5. The van der Waals surface area contributed by atoms with Crippen LogP contribution >= 0.6 is 0 Å². The van der Waals surface area contributed by atoms with Gasteiger partial charge in [0.1, 0.15) is 11.4 Å². The highest BCUT2D eigenvalue weighted by atomic mass is 16.3. The van der Waals surface area contributed by atoms with Crippen LogP contribution in [0.3, 0.4) is 0 Å². The van der Waals surface area contributed by atoms with E-state index in [1.807, 2.05) is 44.2 Å². The molecular formula is C21H21N3O2. The molecule has 132 valence electrons. The summed E-state index contributed by atoms with van der Waals surface area (Å²) < 4.78 is 0. The van der Waals surface area contributed by atoms with E-state index >= 15 is 0 Å². The van der Waals surface area contributed by atoms with Gasteiger partial charge in [-0.15, -0.1) is 0 Å². The average Bonchev–Trinajstić information content (AvgIpc) is 2.63. The second-order valence-electron chi connectivity index (χ2n) is 6.51. The summed E-state index contributed by atoms with van der Waals surface area (Å²) in [7, 11) is 0. The molecule has 0 radical (unpaired) electrons. The number of hydrogen-bond donors (Lipinski definition) is 2. The molecule has 0 saturated carbocycles. The van der Waals surface area contributed by atoms with E-state index in [9.17, 15) is 9.90 Å². The zero-order valence-electron chi connectivity index (χ0n) is 14.8. The van der Waals surface area contributed by atoms with Crippen LogP contribution in [-0.2, 0) is 4.79 Å². The van der Waals surface area contributed by atoms with Crippen molar-refractivity contribution in [1.29, 1.82) is 0 Å². The molecule has 2 N–H and O–H groups in total. The maximum absolute atomic E-state index is 12.2. The summed E-state index contributed by atoms with van der Waals surface area (Å²) in [6.07, 6.45) is 2.05. The Kier molecular flexibility index (Phi) is 5.27. The van der Waals surface area contributed by atoms with Crippen molar-refractivity contribution in [3.05, 3.63) is 60.8 Å². The van der Waals surface area contributed by atoms with E-state index in [0.717, 1.165) is 11.1 Å². The number of hydrogen-bond acceptors (Lipinski definition) is 4. The van der Waals surface area contributed by atoms with Gasteiger partial charge >= 0.3 is 0 Å². The first-order valence-corrected chi connectivity index (χ1v) is 8.54. The molecule has 0 spiro atoms. The molecular weight excluding hydrogens is 326 g/mol. The van der Waals surface area contributed by atoms with Crippen LogP contribution in [0, 0.1) is 5.92 Å². The summed E-state index contributed by atoms with van der Waals surface area (Å²) in [5.41, 5.74) is 3.01. The van der Waals surface area contributed by atoms with Gasteiger partial charge in [0.25, 0.3) is 0 Å². The number of amides is 1. The van der Waals surface area contributed by atoms with Crippen molar-refractivity contribution < 1.29 is 9.90 Å². The van der Waals surface area contributed by atoms with Gasteiger partial charge < -0.3 is 10.4 Å². The fraction of sp³-hybridized carbons (Fsp3) is 0.190. The Hall–Kier alpha value is -3.21. The quantitative estimate of drug-likeness (QED) is 0.712. The van der Waals surface area contributed by atoms with Crippen molar-refractivity contribution in [2.45, 2.75) is 20.3 Å². The smallest absolute Gasteiger partial charge is 0.225 e. The Morgan fingerprint density at radius 1 is 1.04 bits per heavy atom. The molecule has 3 aromatic rings. The predicted octanol–water partition coefficient (Wildman–Crippen LogP) is 4.50. The van der Waals surface area contributed by atoms with Crippen molar-refractivity contribution in [3.8, 4) is 28.3 Å². The van der Waals surface area contributed by atoms with Gasteiger partial charge in [-0.3, -0.25) is 4.79 Å². The molecule has 1 aromatic heterocycles. The molecule has 0 atom stereocenters. The molecule has 5 nitrogen and oxygen atoms in total. The number of nitrogens with one attached hydrogen (secondary N) is 1. The van der Waals surface area contributed by atoms with Gasteiger partial charge in [0.2, 0.25) is 5.91 Å². The lowest BCUT2D eigenvalue weighted by molar-refractivity contribution is -0.116. The van der Waals surface area contributed by atoms with Gasteiger partial charge in [0.15, 0.2) is 5.82 Å². The topological polar surface area (TPSA) is 75.1 Å². The molecule has 0 aliphatic rings. The number of phenolic OH excluding ortho intramolecular Hbond substituents is 1. The van der Waals surface area contributed by atoms with E-state index in [4.69, 9.17) is 4.98 Å². The zero-order valence-corrected chi connectivity index (χ0v) is 14.8. The molecule has 1 amide bonds. The van der Waals surface area contributed by atoms with E-state index in [2.05, 4.69) is 10.3 Å². The van der Waals surface area contributed by atoms with E-state index in [1.165, 1.54) is 0 Å². The molecule has 0 aliphatic heterocycles. The third-order valence-corrected chi connectivity index (χ3v) is 3.83. The third kappa shape index (κ3) is 4.25. The average molecular weight is 347 g/mol. The summed E-state index contributed by atoms with van der Waals surface area (Å²) in [6.45, 7) is 3.99. The number of aromatic nitrogens is 2. The number of aromatic hydroxyl groups is 1. The fourth-order valence-corrected chi connectivity index (χ4v) is 2.60.